The number of carbonyl (C=O) groups is 2. The van der Waals surface area contributed by atoms with Crippen LogP contribution in [0.2, 0.25) is 0 Å². The second-order valence-corrected chi connectivity index (χ2v) is 6.26. The molecule has 0 saturated carbocycles. The van der Waals surface area contributed by atoms with E-state index < -0.39 is 43.1 Å². The topological polar surface area (TPSA) is 82.5 Å². The molecular weight excluding hydrogens is 351 g/mol. The lowest BCUT2D eigenvalue weighted by molar-refractivity contribution is -0.187. The Morgan fingerprint density at radius 1 is 1.23 bits per heavy atom. The van der Waals surface area contributed by atoms with Crippen LogP contribution in [-0.4, -0.2) is 46.3 Å². The largest absolute Gasteiger partial charge is 0.481 e. The Bertz CT molecular complexity index is 869. The maximum atomic E-state index is 13.1. The molecule has 1 aromatic carbocycles. The van der Waals surface area contributed by atoms with Gasteiger partial charge in [0.15, 0.2) is 0 Å². The number of anilines is 1. The summed E-state index contributed by atoms with van der Waals surface area (Å²) in [4.78, 5) is 28.8. The number of likely N-dealkylation sites (tertiary alicyclic amines) is 1. The number of para-hydroxylation sites is 1. The van der Waals surface area contributed by atoms with E-state index in [0.717, 1.165) is 16.0 Å². The Morgan fingerprint density at radius 3 is 2.58 bits per heavy atom. The number of benzene rings is 1. The number of aromatic nitrogens is 1. The summed E-state index contributed by atoms with van der Waals surface area (Å²) in [6.07, 6.45) is -4.68. The van der Waals surface area contributed by atoms with Crippen molar-refractivity contribution in [1.82, 2.24) is 9.88 Å². The molecule has 1 saturated heterocycles. The van der Waals surface area contributed by atoms with Crippen LogP contribution < -0.4 is 5.32 Å². The van der Waals surface area contributed by atoms with Crippen molar-refractivity contribution in [2.24, 2.45) is 11.8 Å². The van der Waals surface area contributed by atoms with Gasteiger partial charge in [-0.1, -0.05) is 18.2 Å². The van der Waals surface area contributed by atoms with E-state index in [9.17, 15) is 22.8 Å². The first kappa shape index (κ1) is 18.0. The first-order valence-electron chi connectivity index (χ1n) is 7.88. The molecule has 1 aliphatic heterocycles. The lowest BCUT2D eigenvalue weighted by atomic mass is 9.96. The second kappa shape index (κ2) is 6.47. The average Bonchev–Trinajstić information content (AvgIpc) is 3.01. The zero-order valence-corrected chi connectivity index (χ0v) is 13.7. The Hall–Kier alpha value is -2.84. The van der Waals surface area contributed by atoms with E-state index in [-0.39, 0.29) is 0 Å². The minimum atomic E-state index is -4.68. The highest BCUT2D eigenvalue weighted by atomic mass is 19.4. The van der Waals surface area contributed by atoms with Crippen LogP contribution in [0, 0.1) is 18.8 Å². The van der Waals surface area contributed by atoms with Gasteiger partial charge in [-0.05, 0) is 19.1 Å². The molecule has 2 atom stereocenters. The SMILES string of the molecule is Cc1ccc2cccc(NC(=O)N3C[C@@H](C(F)(F)F)[C@H](C(=O)O)C3)c2n1. The molecule has 2 aromatic rings. The van der Waals surface area contributed by atoms with E-state index in [1.807, 2.05) is 6.07 Å². The molecule has 0 spiro atoms. The third-order valence-corrected chi connectivity index (χ3v) is 4.45. The Kier molecular flexibility index (Phi) is 4.47. The van der Waals surface area contributed by atoms with Gasteiger partial charge in [0.05, 0.1) is 23.0 Å². The van der Waals surface area contributed by atoms with Gasteiger partial charge in [0.2, 0.25) is 0 Å². The number of aryl methyl sites for hydroxylation is 1. The average molecular weight is 367 g/mol. The first-order chi connectivity index (χ1) is 12.2. The molecule has 2 N–H and O–H groups in total. The minimum absolute atomic E-state index is 0.360. The van der Waals surface area contributed by atoms with Crippen molar-refractivity contribution in [2.75, 3.05) is 18.4 Å². The highest BCUT2D eigenvalue weighted by Crippen LogP contribution is 2.38. The summed E-state index contributed by atoms with van der Waals surface area (Å²) < 4.78 is 39.2. The number of alkyl halides is 3. The van der Waals surface area contributed by atoms with Crippen LogP contribution in [0.3, 0.4) is 0 Å². The number of aliphatic carboxylic acids is 1. The van der Waals surface area contributed by atoms with Crippen LogP contribution >= 0.6 is 0 Å². The van der Waals surface area contributed by atoms with Gasteiger partial charge in [-0.2, -0.15) is 13.2 Å². The van der Waals surface area contributed by atoms with E-state index in [1.54, 1.807) is 31.2 Å². The van der Waals surface area contributed by atoms with Crippen molar-refractivity contribution in [3.8, 4) is 0 Å². The standard InChI is InChI=1S/C17H16F3N3O3/c1-9-5-6-10-3-2-4-13(14(10)21-9)22-16(26)23-7-11(15(24)25)12(8-23)17(18,19)20/h2-6,11-12H,7-8H2,1H3,(H,22,26)(H,24,25)/t11-,12-/m1/s1. The van der Waals surface area contributed by atoms with Gasteiger partial charge in [0.1, 0.15) is 0 Å². The fourth-order valence-electron chi connectivity index (χ4n) is 3.09. The van der Waals surface area contributed by atoms with Gasteiger partial charge in [-0.15, -0.1) is 0 Å². The zero-order chi connectivity index (χ0) is 19.1. The van der Waals surface area contributed by atoms with Crippen LogP contribution in [0.5, 0.6) is 0 Å². The number of carbonyl (C=O) groups excluding carboxylic acids is 1. The van der Waals surface area contributed by atoms with Gasteiger partial charge in [0.25, 0.3) is 0 Å². The summed E-state index contributed by atoms with van der Waals surface area (Å²) in [6, 6.07) is 7.94. The van der Waals surface area contributed by atoms with Crippen LogP contribution in [0.1, 0.15) is 5.69 Å². The number of carboxylic acid groups (broad SMARTS) is 1. The summed E-state index contributed by atoms with van der Waals surface area (Å²) >= 11 is 0. The quantitative estimate of drug-likeness (QED) is 0.854. The summed E-state index contributed by atoms with van der Waals surface area (Å²) in [5.74, 6) is -5.32. The normalized spacial score (nSPS) is 20.4. The molecule has 0 unspecified atom stereocenters. The van der Waals surface area contributed by atoms with Crippen molar-refractivity contribution in [3.63, 3.8) is 0 Å². The van der Waals surface area contributed by atoms with Crippen LogP contribution in [0.4, 0.5) is 23.7 Å². The molecule has 1 aliphatic rings. The van der Waals surface area contributed by atoms with Gasteiger partial charge in [-0.3, -0.25) is 9.78 Å². The van der Waals surface area contributed by atoms with Gasteiger partial charge in [-0.25, -0.2) is 4.79 Å². The summed E-state index contributed by atoms with van der Waals surface area (Å²) in [5.41, 5.74) is 1.60. The van der Waals surface area contributed by atoms with Gasteiger partial charge in [0, 0.05) is 24.2 Å². The molecule has 26 heavy (non-hydrogen) atoms. The van der Waals surface area contributed by atoms with Crippen LogP contribution in [0.25, 0.3) is 10.9 Å². The van der Waals surface area contributed by atoms with E-state index in [2.05, 4.69) is 10.3 Å². The Labute approximate surface area is 146 Å². The molecule has 0 bridgehead atoms. The molecular formula is C17H16F3N3O3. The number of pyridine rings is 1. The van der Waals surface area contributed by atoms with Crippen LogP contribution in [-0.2, 0) is 4.79 Å². The van der Waals surface area contributed by atoms with E-state index >= 15 is 0 Å². The number of nitrogens with one attached hydrogen (secondary N) is 1. The van der Waals surface area contributed by atoms with Crippen molar-refractivity contribution >= 4 is 28.6 Å². The lowest BCUT2D eigenvalue weighted by Gasteiger charge is -2.19. The maximum absolute atomic E-state index is 13.1. The number of halogens is 3. The zero-order valence-electron chi connectivity index (χ0n) is 13.7. The van der Waals surface area contributed by atoms with Gasteiger partial charge >= 0.3 is 18.2 Å². The van der Waals surface area contributed by atoms with Crippen molar-refractivity contribution in [2.45, 2.75) is 13.1 Å². The summed E-state index contributed by atoms with van der Waals surface area (Å²) in [7, 11) is 0. The molecule has 2 amide bonds. The first-order valence-corrected chi connectivity index (χ1v) is 7.88. The number of nitrogens with zero attached hydrogens (tertiary/aromatic N) is 2. The number of hydrogen-bond acceptors (Lipinski definition) is 3. The molecule has 2 heterocycles. The number of amides is 2. The van der Waals surface area contributed by atoms with Crippen molar-refractivity contribution < 1.29 is 27.9 Å². The molecule has 0 aliphatic carbocycles. The van der Waals surface area contributed by atoms with Crippen molar-refractivity contribution in [1.29, 1.82) is 0 Å². The lowest BCUT2D eigenvalue weighted by Crippen LogP contribution is -2.35. The Morgan fingerprint density at radius 2 is 1.96 bits per heavy atom. The number of carboxylic acids is 1. The number of urea groups is 1. The third-order valence-electron chi connectivity index (χ3n) is 4.45. The summed E-state index contributed by atoms with van der Waals surface area (Å²) in [5, 5.41) is 12.4. The number of fused-ring (bicyclic) bond motifs is 1. The molecule has 9 heteroatoms. The molecule has 138 valence electrons. The van der Waals surface area contributed by atoms with Crippen LogP contribution in [0.15, 0.2) is 30.3 Å². The predicted octanol–water partition coefficient (Wildman–Crippen LogP) is 3.27. The van der Waals surface area contributed by atoms with E-state index in [1.165, 1.54) is 0 Å². The number of hydrogen-bond donors (Lipinski definition) is 2. The maximum Gasteiger partial charge on any atom is 0.394 e. The highest BCUT2D eigenvalue weighted by Gasteiger charge is 2.53. The smallest absolute Gasteiger partial charge is 0.394 e. The monoisotopic (exact) mass is 367 g/mol. The van der Waals surface area contributed by atoms with Crippen molar-refractivity contribution in [3.05, 3.63) is 36.0 Å². The third kappa shape index (κ3) is 3.42. The highest BCUT2D eigenvalue weighted by molar-refractivity contribution is 5.99. The molecule has 0 radical (unpaired) electrons. The van der Waals surface area contributed by atoms with E-state index in [0.29, 0.717) is 11.2 Å². The predicted molar refractivity (Wildman–Crippen MR) is 87.7 cm³/mol. The molecule has 3 rings (SSSR count). The minimum Gasteiger partial charge on any atom is -0.481 e. The fraction of sp³-hybridized carbons (Fsp3) is 0.353. The van der Waals surface area contributed by atoms with E-state index in [4.69, 9.17) is 5.11 Å². The molecule has 1 aromatic heterocycles. The molecule has 6 nitrogen and oxygen atoms in total. The number of rotatable bonds is 2. The Balaban J connectivity index is 1.83. The second-order valence-electron chi connectivity index (χ2n) is 6.26. The fourth-order valence-corrected chi connectivity index (χ4v) is 3.09. The molecule has 1 fully saturated rings. The van der Waals surface area contributed by atoms with Gasteiger partial charge < -0.3 is 15.3 Å². The summed E-state index contributed by atoms with van der Waals surface area (Å²) in [6.45, 7) is 0.593.